The van der Waals surface area contributed by atoms with Gasteiger partial charge in [0.15, 0.2) is 0 Å². The van der Waals surface area contributed by atoms with Gasteiger partial charge in [-0.1, -0.05) is 12.1 Å². The third-order valence-electron chi connectivity index (χ3n) is 2.16. The number of rotatable bonds is 4. The molecule has 0 unspecified atom stereocenters. The molecule has 4 heteroatoms. The largest absolute Gasteiger partial charge is 0.492 e. The average molecular weight is 288 g/mol. The van der Waals surface area contributed by atoms with Crippen LogP contribution in [0.3, 0.4) is 0 Å². The van der Waals surface area contributed by atoms with Gasteiger partial charge in [0.25, 0.3) is 0 Å². The standard InChI is InChI=1S/C15H12O2S2/c1-2-17-14(15-6-4-10-19-15)11-12(16)7-8-13-5-3-9-18-13/h3-6,9-11H,2H2,1H3/b14-11-. The van der Waals surface area contributed by atoms with Crippen LogP contribution in [-0.2, 0) is 9.53 Å². The Balaban J connectivity index is 2.15. The van der Waals surface area contributed by atoms with Crippen LogP contribution in [0.15, 0.2) is 41.1 Å². The Morgan fingerprint density at radius 3 is 2.74 bits per heavy atom. The van der Waals surface area contributed by atoms with Crippen LogP contribution in [0.4, 0.5) is 0 Å². The van der Waals surface area contributed by atoms with Gasteiger partial charge in [0.05, 0.1) is 16.4 Å². The second-order valence-electron chi connectivity index (χ2n) is 3.51. The summed E-state index contributed by atoms with van der Waals surface area (Å²) >= 11 is 3.05. The van der Waals surface area contributed by atoms with E-state index in [2.05, 4.69) is 11.8 Å². The number of ketones is 1. The number of carbonyl (C=O) groups is 1. The summed E-state index contributed by atoms with van der Waals surface area (Å²) in [6.07, 6.45) is 1.45. The highest BCUT2D eigenvalue weighted by atomic mass is 32.1. The molecule has 0 bridgehead atoms. The van der Waals surface area contributed by atoms with Crippen LogP contribution < -0.4 is 0 Å². The topological polar surface area (TPSA) is 26.3 Å². The molecule has 0 aromatic carbocycles. The van der Waals surface area contributed by atoms with E-state index in [0.717, 1.165) is 9.75 Å². The van der Waals surface area contributed by atoms with Crippen molar-refractivity contribution < 1.29 is 9.53 Å². The summed E-state index contributed by atoms with van der Waals surface area (Å²) in [5, 5.41) is 3.88. The average Bonchev–Trinajstić information content (AvgIpc) is 3.09. The van der Waals surface area contributed by atoms with E-state index in [1.54, 1.807) is 0 Å². The predicted molar refractivity (Wildman–Crippen MR) is 80.1 cm³/mol. The summed E-state index contributed by atoms with van der Waals surface area (Å²) in [6.45, 7) is 2.42. The lowest BCUT2D eigenvalue weighted by Gasteiger charge is -2.04. The number of hydrogen-bond acceptors (Lipinski definition) is 4. The van der Waals surface area contributed by atoms with Crippen LogP contribution in [0.25, 0.3) is 5.76 Å². The fourth-order valence-electron chi connectivity index (χ4n) is 1.39. The van der Waals surface area contributed by atoms with E-state index in [1.165, 1.54) is 28.7 Å². The zero-order chi connectivity index (χ0) is 13.5. The molecule has 19 heavy (non-hydrogen) atoms. The van der Waals surface area contributed by atoms with E-state index in [-0.39, 0.29) is 5.78 Å². The monoisotopic (exact) mass is 288 g/mol. The number of ether oxygens (including phenoxy) is 1. The summed E-state index contributed by atoms with van der Waals surface area (Å²) < 4.78 is 5.48. The van der Waals surface area contributed by atoms with Crippen LogP contribution in [-0.4, -0.2) is 12.4 Å². The Morgan fingerprint density at radius 1 is 1.32 bits per heavy atom. The lowest BCUT2D eigenvalue weighted by Crippen LogP contribution is -1.94. The zero-order valence-corrected chi connectivity index (χ0v) is 12.0. The predicted octanol–water partition coefficient (Wildman–Crippen LogP) is 3.81. The Labute approximate surface area is 120 Å². The van der Waals surface area contributed by atoms with Crippen molar-refractivity contribution in [3.63, 3.8) is 0 Å². The Hall–Kier alpha value is -1.83. The molecule has 2 heterocycles. The minimum atomic E-state index is -0.245. The highest BCUT2D eigenvalue weighted by Gasteiger charge is 2.05. The van der Waals surface area contributed by atoms with Gasteiger partial charge in [-0.15, -0.1) is 22.7 Å². The summed E-state index contributed by atoms with van der Waals surface area (Å²) in [5.74, 6) is 5.79. The van der Waals surface area contributed by atoms with Gasteiger partial charge in [-0.3, -0.25) is 4.79 Å². The molecule has 0 N–H and O–H groups in total. The zero-order valence-electron chi connectivity index (χ0n) is 10.4. The van der Waals surface area contributed by atoms with Crippen LogP contribution in [0.1, 0.15) is 16.7 Å². The van der Waals surface area contributed by atoms with Gasteiger partial charge in [-0.2, -0.15) is 0 Å². The fraction of sp³-hybridized carbons (Fsp3) is 0.133. The molecule has 96 valence electrons. The third-order valence-corrected chi connectivity index (χ3v) is 3.83. The van der Waals surface area contributed by atoms with Crippen molar-refractivity contribution in [3.05, 3.63) is 50.9 Å². The van der Waals surface area contributed by atoms with Crippen molar-refractivity contribution in [2.45, 2.75) is 6.92 Å². The van der Waals surface area contributed by atoms with E-state index in [4.69, 9.17) is 4.74 Å². The number of thiophene rings is 2. The van der Waals surface area contributed by atoms with Crippen LogP contribution in [0.5, 0.6) is 0 Å². The van der Waals surface area contributed by atoms with Crippen molar-refractivity contribution in [1.29, 1.82) is 0 Å². The van der Waals surface area contributed by atoms with E-state index in [9.17, 15) is 4.79 Å². The molecule has 0 aliphatic carbocycles. The SMILES string of the molecule is CCO/C(=C\C(=O)C#Cc1cccs1)c1cccs1. The number of carbonyl (C=O) groups excluding carboxylic acids is 1. The third kappa shape index (κ3) is 4.09. The molecular formula is C15H12O2S2. The molecule has 2 rings (SSSR count). The Bertz CT molecular complexity index is 611. The Kier molecular flexibility index (Phi) is 4.96. The summed E-state index contributed by atoms with van der Waals surface area (Å²) in [4.78, 5) is 13.6. The summed E-state index contributed by atoms with van der Waals surface area (Å²) in [6, 6.07) is 7.64. The number of allylic oxidation sites excluding steroid dienone is 1. The van der Waals surface area contributed by atoms with Gasteiger partial charge >= 0.3 is 0 Å². The molecule has 0 atom stereocenters. The van der Waals surface area contributed by atoms with Crippen molar-refractivity contribution in [3.8, 4) is 11.8 Å². The molecule has 0 spiro atoms. The molecule has 0 radical (unpaired) electrons. The minimum Gasteiger partial charge on any atom is -0.492 e. The van der Waals surface area contributed by atoms with Crippen LogP contribution >= 0.6 is 22.7 Å². The molecule has 2 nitrogen and oxygen atoms in total. The Morgan fingerprint density at radius 2 is 2.11 bits per heavy atom. The smallest absolute Gasteiger partial charge is 0.232 e. The second kappa shape index (κ2) is 6.93. The number of hydrogen-bond donors (Lipinski definition) is 0. The molecule has 0 fully saturated rings. The lowest BCUT2D eigenvalue weighted by atomic mass is 10.3. The first-order valence-electron chi connectivity index (χ1n) is 5.77. The molecule has 0 aliphatic heterocycles. The molecular weight excluding hydrogens is 276 g/mol. The molecule has 0 amide bonds. The molecule has 0 saturated heterocycles. The van der Waals surface area contributed by atoms with E-state index in [1.807, 2.05) is 41.9 Å². The molecule has 2 aromatic rings. The highest BCUT2D eigenvalue weighted by Crippen LogP contribution is 2.21. The first-order valence-corrected chi connectivity index (χ1v) is 7.53. The van der Waals surface area contributed by atoms with Gasteiger partial charge in [-0.05, 0) is 41.7 Å². The quantitative estimate of drug-likeness (QED) is 0.486. The van der Waals surface area contributed by atoms with Gasteiger partial charge < -0.3 is 4.74 Å². The van der Waals surface area contributed by atoms with Crippen molar-refractivity contribution in [2.75, 3.05) is 6.61 Å². The lowest BCUT2D eigenvalue weighted by molar-refractivity contribution is -0.109. The first-order chi connectivity index (χ1) is 9.29. The highest BCUT2D eigenvalue weighted by molar-refractivity contribution is 7.11. The second-order valence-corrected chi connectivity index (χ2v) is 5.41. The molecule has 0 aliphatic rings. The van der Waals surface area contributed by atoms with Gasteiger partial charge in [0.2, 0.25) is 5.78 Å². The van der Waals surface area contributed by atoms with Crippen LogP contribution in [0, 0.1) is 11.8 Å². The maximum atomic E-state index is 11.8. The van der Waals surface area contributed by atoms with Gasteiger partial charge in [-0.25, -0.2) is 0 Å². The maximum Gasteiger partial charge on any atom is 0.232 e. The van der Waals surface area contributed by atoms with Crippen molar-refractivity contribution in [1.82, 2.24) is 0 Å². The van der Waals surface area contributed by atoms with E-state index < -0.39 is 0 Å². The fourth-order valence-corrected chi connectivity index (χ4v) is 2.65. The summed E-state index contributed by atoms with van der Waals surface area (Å²) in [7, 11) is 0. The van der Waals surface area contributed by atoms with Crippen LogP contribution in [0.2, 0.25) is 0 Å². The first kappa shape index (κ1) is 13.6. The normalized spacial score (nSPS) is 10.7. The van der Waals surface area contributed by atoms with Crippen molar-refractivity contribution >= 4 is 34.2 Å². The molecule has 0 saturated carbocycles. The van der Waals surface area contributed by atoms with Crippen molar-refractivity contribution in [2.24, 2.45) is 0 Å². The van der Waals surface area contributed by atoms with Gasteiger partial charge in [0, 0.05) is 6.08 Å². The minimum absolute atomic E-state index is 0.245. The van der Waals surface area contributed by atoms with Gasteiger partial charge in [0.1, 0.15) is 5.76 Å². The summed E-state index contributed by atoms with van der Waals surface area (Å²) in [5.41, 5.74) is 0. The maximum absolute atomic E-state index is 11.8. The molecule has 2 aromatic heterocycles. The van der Waals surface area contributed by atoms with E-state index in [0.29, 0.717) is 12.4 Å². The van der Waals surface area contributed by atoms with E-state index >= 15 is 0 Å².